The number of carbonyl (C=O) groups is 3. The van der Waals surface area contributed by atoms with Gasteiger partial charge in [-0.2, -0.15) is 13.2 Å². The van der Waals surface area contributed by atoms with E-state index in [4.69, 9.17) is 21.1 Å². The van der Waals surface area contributed by atoms with E-state index < -0.39 is 51.5 Å². The van der Waals surface area contributed by atoms with Gasteiger partial charge in [-0.05, 0) is 61.4 Å². The number of amides is 4. The average molecular weight is 616 g/mol. The van der Waals surface area contributed by atoms with Crippen molar-refractivity contribution < 1.29 is 42.0 Å². The van der Waals surface area contributed by atoms with Crippen LogP contribution in [-0.2, 0) is 22.2 Å². The lowest BCUT2D eigenvalue weighted by molar-refractivity contribution is -0.385. The predicted molar refractivity (Wildman–Crippen MR) is 150 cm³/mol. The molecule has 43 heavy (non-hydrogen) atoms. The molecule has 0 spiro atoms. The fraction of sp³-hybridized carbons (Fsp3) is 0.138. The first-order valence-corrected chi connectivity index (χ1v) is 12.8. The molecule has 1 aliphatic heterocycles. The number of alkyl halides is 3. The third kappa shape index (κ3) is 6.51. The molecule has 3 aromatic rings. The quantitative estimate of drug-likeness (QED) is 0.0916. The van der Waals surface area contributed by atoms with Gasteiger partial charge in [0.05, 0.1) is 27.8 Å². The molecule has 0 aliphatic carbocycles. The smallest absolute Gasteiger partial charge is 0.416 e. The lowest BCUT2D eigenvalue weighted by Crippen LogP contribution is -2.54. The third-order valence-electron chi connectivity index (χ3n) is 6.02. The Balaban J connectivity index is 1.81. The van der Waals surface area contributed by atoms with Crippen LogP contribution in [0.15, 0.2) is 72.8 Å². The second-order valence-electron chi connectivity index (χ2n) is 8.88. The van der Waals surface area contributed by atoms with Gasteiger partial charge >= 0.3 is 17.9 Å². The highest BCUT2D eigenvalue weighted by molar-refractivity contribution is 6.42. The molecule has 1 fully saturated rings. The Morgan fingerprint density at radius 1 is 1.09 bits per heavy atom. The number of barbiturate groups is 1. The van der Waals surface area contributed by atoms with Crippen LogP contribution in [0.25, 0.3) is 6.08 Å². The van der Waals surface area contributed by atoms with Gasteiger partial charge in [0.25, 0.3) is 11.8 Å². The summed E-state index contributed by atoms with van der Waals surface area (Å²) in [6.07, 6.45) is -2.07. The summed E-state index contributed by atoms with van der Waals surface area (Å²) in [5.74, 6) is -2.45. The molecule has 0 atom stereocenters. The monoisotopic (exact) mass is 615 g/mol. The summed E-state index contributed by atoms with van der Waals surface area (Å²) in [5.41, 5.74) is -1.98. The Labute approximate surface area is 247 Å². The fourth-order valence-corrected chi connectivity index (χ4v) is 4.38. The zero-order valence-electron chi connectivity index (χ0n) is 22.2. The number of ether oxygens (including phenoxy) is 2. The summed E-state index contributed by atoms with van der Waals surface area (Å²) >= 11 is 6.17. The van der Waals surface area contributed by atoms with Gasteiger partial charge in [-0.15, -0.1) is 6.58 Å². The van der Waals surface area contributed by atoms with E-state index in [-0.39, 0.29) is 40.8 Å². The van der Waals surface area contributed by atoms with Gasteiger partial charge < -0.3 is 9.47 Å². The number of anilines is 1. The molecule has 0 aromatic heterocycles. The number of carbonyl (C=O) groups excluding carboxylic acids is 3. The summed E-state index contributed by atoms with van der Waals surface area (Å²) in [6, 6.07) is 9.72. The Morgan fingerprint density at radius 2 is 1.81 bits per heavy atom. The zero-order valence-corrected chi connectivity index (χ0v) is 23.0. The van der Waals surface area contributed by atoms with E-state index in [9.17, 15) is 37.7 Å². The molecule has 4 amide bonds. The molecule has 0 bridgehead atoms. The van der Waals surface area contributed by atoms with Gasteiger partial charge in [0.15, 0.2) is 11.5 Å². The summed E-state index contributed by atoms with van der Waals surface area (Å²) in [7, 11) is 0. The van der Waals surface area contributed by atoms with Crippen LogP contribution in [0.1, 0.15) is 23.6 Å². The number of nitro benzene ring substituents is 1. The molecule has 4 rings (SSSR count). The number of para-hydroxylation sites is 1. The summed E-state index contributed by atoms with van der Waals surface area (Å²) in [6.45, 7) is 5.38. The maximum atomic E-state index is 13.3. The number of hydrogen-bond acceptors (Lipinski definition) is 7. The van der Waals surface area contributed by atoms with E-state index >= 15 is 0 Å². The number of allylic oxidation sites excluding steroid dienone is 1. The Bertz CT molecular complexity index is 1690. The highest BCUT2D eigenvalue weighted by atomic mass is 35.5. The SMILES string of the molecule is C=CCc1cc(/C=C2\C(=O)NC(=O)N(c3ccccc3Cl)C2=O)cc(OCC)c1Oc1ccc(C(F)(F)F)cc1[N+](=O)[O-]. The number of nitrogens with one attached hydrogen (secondary N) is 1. The maximum absolute atomic E-state index is 13.3. The van der Waals surface area contributed by atoms with E-state index in [1.807, 2.05) is 0 Å². The Morgan fingerprint density at radius 3 is 2.44 bits per heavy atom. The van der Waals surface area contributed by atoms with Gasteiger partial charge in [0.1, 0.15) is 5.57 Å². The number of imide groups is 2. The third-order valence-corrected chi connectivity index (χ3v) is 6.34. The van der Waals surface area contributed by atoms with E-state index in [1.165, 1.54) is 36.4 Å². The minimum absolute atomic E-state index is 0.00518. The first kappa shape index (κ1) is 30.8. The largest absolute Gasteiger partial charge is 0.490 e. The van der Waals surface area contributed by atoms with Crippen LogP contribution in [0.3, 0.4) is 0 Å². The fourth-order valence-electron chi connectivity index (χ4n) is 4.16. The molecule has 1 heterocycles. The van der Waals surface area contributed by atoms with E-state index in [0.717, 1.165) is 6.07 Å². The van der Waals surface area contributed by atoms with Crippen molar-refractivity contribution >= 4 is 46.9 Å². The first-order chi connectivity index (χ1) is 20.3. The van der Waals surface area contributed by atoms with Crippen molar-refractivity contribution in [3.63, 3.8) is 0 Å². The van der Waals surface area contributed by atoms with Crippen LogP contribution < -0.4 is 19.7 Å². The van der Waals surface area contributed by atoms with Crippen molar-refractivity contribution in [2.24, 2.45) is 0 Å². The van der Waals surface area contributed by atoms with E-state index in [1.54, 1.807) is 19.1 Å². The topological polar surface area (TPSA) is 128 Å². The van der Waals surface area contributed by atoms with Gasteiger partial charge in [-0.1, -0.05) is 29.8 Å². The van der Waals surface area contributed by atoms with Gasteiger partial charge in [-0.3, -0.25) is 25.0 Å². The van der Waals surface area contributed by atoms with Crippen LogP contribution in [0.2, 0.25) is 5.02 Å². The molecule has 14 heteroatoms. The van der Waals surface area contributed by atoms with Crippen LogP contribution in [0.4, 0.5) is 29.3 Å². The van der Waals surface area contributed by atoms with E-state index in [2.05, 4.69) is 11.9 Å². The minimum atomic E-state index is -4.82. The normalized spacial score (nSPS) is 14.5. The van der Waals surface area contributed by atoms with Crippen molar-refractivity contribution in [1.29, 1.82) is 0 Å². The second-order valence-corrected chi connectivity index (χ2v) is 9.29. The Hall–Kier alpha value is -5.17. The number of benzene rings is 3. The number of halogens is 4. The highest BCUT2D eigenvalue weighted by Crippen LogP contribution is 2.43. The predicted octanol–water partition coefficient (Wildman–Crippen LogP) is 6.85. The standard InChI is InChI=1S/C29H21ClF3N3O7/c1-3-7-17-12-16(13-19-26(37)34-28(39)35(27(19)38)21-9-6-5-8-20(21)30)14-24(42-4-2)25(17)43-23-11-10-18(29(31,32)33)15-22(23)36(40)41/h3,5-6,8-15H,1,4,7H2,2H3,(H,34,37,39)/b19-13+. The molecule has 3 aromatic carbocycles. The van der Waals surface area contributed by atoms with Crippen molar-refractivity contribution in [2.45, 2.75) is 19.5 Å². The molecule has 1 saturated heterocycles. The molecule has 0 unspecified atom stereocenters. The molecule has 0 radical (unpaired) electrons. The number of rotatable bonds is 9. The van der Waals surface area contributed by atoms with Crippen LogP contribution in [0.5, 0.6) is 17.2 Å². The van der Waals surface area contributed by atoms with Gasteiger partial charge in [0.2, 0.25) is 5.75 Å². The molecule has 10 nitrogen and oxygen atoms in total. The zero-order chi connectivity index (χ0) is 31.5. The first-order valence-electron chi connectivity index (χ1n) is 12.5. The van der Waals surface area contributed by atoms with Crippen molar-refractivity contribution in [3.05, 3.63) is 105 Å². The van der Waals surface area contributed by atoms with Crippen LogP contribution >= 0.6 is 11.6 Å². The number of hydrogen-bond donors (Lipinski definition) is 1. The number of nitro groups is 1. The molecule has 1 N–H and O–H groups in total. The molecular formula is C29H21ClF3N3O7. The molecular weight excluding hydrogens is 595 g/mol. The van der Waals surface area contributed by atoms with Gasteiger partial charge in [0, 0.05) is 11.6 Å². The minimum Gasteiger partial charge on any atom is -0.490 e. The summed E-state index contributed by atoms with van der Waals surface area (Å²) in [4.78, 5) is 49.9. The molecule has 1 aliphatic rings. The second kappa shape index (κ2) is 12.4. The summed E-state index contributed by atoms with van der Waals surface area (Å²) in [5, 5.41) is 13.8. The van der Waals surface area contributed by atoms with E-state index in [0.29, 0.717) is 22.6 Å². The Kier molecular flexibility index (Phi) is 8.85. The van der Waals surface area contributed by atoms with Crippen molar-refractivity contribution in [2.75, 3.05) is 11.5 Å². The molecule has 222 valence electrons. The maximum Gasteiger partial charge on any atom is 0.416 e. The lowest BCUT2D eigenvalue weighted by Gasteiger charge is -2.27. The lowest BCUT2D eigenvalue weighted by atomic mass is 10.0. The van der Waals surface area contributed by atoms with Crippen molar-refractivity contribution in [1.82, 2.24) is 5.32 Å². The van der Waals surface area contributed by atoms with Crippen molar-refractivity contribution in [3.8, 4) is 17.2 Å². The summed E-state index contributed by atoms with van der Waals surface area (Å²) < 4.78 is 51.0. The molecule has 0 saturated carbocycles. The number of nitrogens with zero attached hydrogens (tertiary/aromatic N) is 2. The van der Waals surface area contributed by atoms with Gasteiger partial charge in [-0.25, -0.2) is 9.69 Å². The highest BCUT2D eigenvalue weighted by Gasteiger charge is 2.38. The van der Waals surface area contributed by atoms with Crippen LogP contribution in [0, 0.1) is 10.1 Å². The number of urea groups is 1. The van der Waals surface area contributed by atoms with Crippen LogP contribution in [-0.4, -0.2) is 29.4 Å². The average Bonchev–Trinajstić information content (AvgIpc) is 2.93.